The Balaban J connectivity index is 3.44. The van der Waals surface area contributed by atoms with E-state index in [0.717, 1.165) is 4.09 Å². The van der Waals surface area contributed by atoms with Crippen molar-refractivity contribution in [1.82, 2.24) is 4.09 Å². The number of hydrogen-bond acceptors (Lipinski definition) is 2. The maximum absolute atomic E-state index is 9.08. The van der Waals surface area contributed by atoms with Crippen molar-refractivity contribution >= 4 is 11.8 Å². The van der Waals surface area contributed by atoms with Crippen molar-refractivity contribution in [3.63, 3.8) is 0 Å². The average Bonchev–Trinajstić information content (AvgIpc) is 2.07. The van der Waals surface area contributed by atoms with Crippen molar-refractivity contribution in [2.24, 2.45) is 0 Å². The fourth-order valence-corrected chi connectivity index (χ4v) is 0.984. The first-order valence-corrected chi connectivity index (χ1v) is 3.15. The van der Waals surface area contributed by atoms with Crippen LogP contribution in [0.2, 0.25) is 0 Å². The minimum atomic E-state index is -0.100. The second-order valence-electron chi connectivity index (χ2n) is 2.18. The molecule has 0 aliphatic heterocycles. The van der Waals surface area contributed by atoms with E-state index in [2.05, 4.69) is 0 Å². The summed E-state index contributed by atoms with van der Waals surface area (Å²) in [5, 5.41) is 18.2. The van der Waals surface area contributed by atoms with Gasteiger partial charge in [0.25, 0.3) is 0 Å². The van der Waals surface area contributed by atoms with Crippen molar-refractivity contribution in [2.45, 2.75) is 13.8 Å². The zero-order chi connectivity index (χ0) is 7.89. The molecule has 0 spiro atoms. The minimum Gasteiger partial charge on any atom is -0.493 e. The van der Waals surface area contributed by atoms with Crippen molar-refractivity contribution < 1.29 is 10.2 Å². The largest absolute Gasteiger partial charge is 0.493 e. The number of hydrogen-bond donors (Lipinski definition) is 2. The quantitative estimate of drug-likeness (QED) is 0.606. The van der Waals surface area contributed by atoms with E-state index in [-0.39, 0.29) is 11.8 Å². The second-order valence-corrected chi connectivity index (χ2v) is 2.52. The first-order valence-electron chi connectivity index (χ1n) is 2.81. The van der Waals surface area contributed by atoms with Crippen molar-refractivity contribution in [2.75, 3.05) is 0 Å². The zero-order valence-electron chi connectivity index (χ0n) is 5.72. The molecule has 0 radical (unpaired) electrons. The Morgan fingerprint density at radius 3 is 1.50 bits per heavy atom. The Labute approximate surface area is 63.6 Å². The summed E-state index contributed by atoms with van der Waals surface area (Å²) >= 11 is 5.42. The van der Waals surface area contributed by atoms with Gasteiger partial charge in [0.15, 0.2) is 0 Å². The topological polar surface area (TPSA) is 45.4 Å². The van der Waals surface area contributed by atoms with E-state index < -0.39 is 0 Å². The van der Waals surface area contributed by atoms with Gasteiger partial charge < -0.3 is 10.2 Å². The highest BCUT2D eigenvalue weighted by molar-refractivity contribution is 6.17. The smallest absolute Gasteiger partial charge is 0.212 e. The Morgan fingerprint density at radius 2 is 1.40 bits per heavy atom. The lowest BCUT2D eigenvalue weighted by Crippen LogP contribution is -1.75. The van der Waals surface area contributed by atoms with Crippen LogP contribution in [0.3, 0.4) is 0 Å². The molecule has 1 aromatic heterocycles. The molecule has 0 unspecified atom stereocenters. The molecule has 1 heterocycles. The molecule has 0 aromatic carbocycles. The van der Waals surface area contributed by atoms with Crippen LogP contribution in [0.15, 0.2) is 0 Å². The number of nitrogens with zero attached hydrogens (tertiary/aromatic N) is 1. The molecule has 1 aromatic rings. The van der Waals surface area contributed by atoms with Crippen molar-refractivity contribution in [3.8, 4) is 11.8 Å². The highest BCUT2D eigenvalue weighted by Gasteiger charge is 2.13. The molecule has 4 heteroatoms. The molecule has 3 nitrogen and oxygen atoms in total. The molecule has 0 fully saturated rings. The third-order valence-electron chi connectivity index (χ3n) is 1.61. The van der Waals surface area contributed by atoms with Crippen LogP contribution in [0.25, 0.3) is 0 Å². The summed E-state index contributed by atoms with van der Waals surface area (Å²) in [6.45, 7) is 3.37. The van der Waals surface area contributed by atoms with Crippen LogP contribution in [-0.2, 0) is 0 Å². The first-order chi connectivity index (χ1) is 4.55. The lowest BCUT2D eigenvalue weighted by Gasteiger charge is -1.91. The van der Waals surface area contributed by atoms with Gasteiger partial charge in [0.2, 0.25) is 11.8 Å². The van der Waals surface area contributed by atoms with Crippen LogP contribution in [0, 0.1) is 13.8 Å². The highest BCUT2D eigenvalue weighted by Crippen LogP contribution is 2.32. The summed E-state index contributed by atoms with van der Waals surface area (Å²) < 4.78 is 0.824. The van der Waals surface area contributed by atoms with Gasteiger partial charge in [0.05, 0.1) is 0 Å². The fourth-order valence-electron chi connectivity index (χ4n) is 0.730. The van der Waals surface area contributed by atoms with Crippen LogP contribution in [-0.4, -0.2) is 14.3 Å². The molecule has 0 saturated heterocycles. The van der Waals surface area contributed by atoms with Crippen molar-refractivity contribution in [1.29, 1.82) is 0 Å². The number of halogens is 1. The summed E-state index contributed by atoms with van der Waals surface area (Å²) in [6.07, 6.45) is 0. The van der Waals surface area contributed by atoms with Gasteiger partial charge in [-0.25, -0.2) is 0 Å². The predicted octanol–water partition coefficient (Wildman–Crippen LogP) is 1.52. The second kappa shape index (κ2) is 2.09. The number of aromatic hydroxyl groups is 2. The van der Waals surface area contributed by atoms with Gasteiger partial charge in [-0.3, -0.25) is 0 Å². The third-order valence-corrected chi connectivity index (χ3v) is 1.93. The maximum Gasteiger partial charge on any atom is 0.212 e. The summed E-state index contributed by atoms with van der Waals surface area (Å²) in [6, 6.07) is 0. The van der Waals surface area contributed by atoms with E-state index in [1.807, 2.05) is 0 Å². The molecule has 0 saturated carbocycles. The molecule has 0 aliphatic carbocycles. The Hall–Kier alpha value is -0.830. The Morgan fingerprint density at radius 1 is 1.10 bits per heavy atom. The predicted molar refractivity (Wildman–Crippen MR) is 38.5 cm³/mol. The molecule has 10 heavy (non-hydrogen) atoms. The van der Waals surface area contributed by atoms with E-state index in [1.165, 1.54) is 0 Å². The van der Waals surface area contributed by atoms with Crippen LogP contribution in [0.5, 0.6) is 11.8 Å². The lowest BCUT2D eigenvalue weighted by atomic mass is 10.2. The van der Waals surface area contributed by atoms with Crippen LogP contribution in [0.4, 0.5) is 0 Å². The molecular weight excluding hydrogens is 154 g/mol. The van der Waals surface area contributed by atoms with E-state index in [1.54, 1.807) is 13.8 Å². The van der Waals surface area contributed by atoms with Gasteiger partial charge in [-0.1, -0.05) is 0 Å². The average molecular weight is 162 g/mol. The van der Waals surface area contributed by atoms with Gasteiger partial charge >= 0.3 is 0 Å². The molecule has 56 valence electrons. The fraction of sp³-hybridized carbons (Fsp3) is 0.333. The van der Waals surface area contributed by atoms with Gasteiger partial charge in [0.1, 0.15) is 0 Å². The Bertz CT molecular complexity index is 187. The molecule has 2 N–H and O–H groups in total. The number of rotatable bonds is 0. The van der Waals surface area contributed by atoms with Crippen LogP contribution < -0.4 is 0 Å². The summed E-state index contributed by atoms with van der Waals surface area (Å²) in [7, 11) is 0. The van der Waals surface area contributed by atoms with Gasteiger partial charge in [-0.05, 0) is 13.8 Å². The molecule has 0 atom stereocenters. The standard InChI is InChI=1S/C6H8ClNO2/c1-3-4(2)6(10)8(7)5(3)9/h9-10H,1-2H3. The number of aromatic nitrogens is 1. The van der Waals surface area contributed by atoms with E-state index in [0.29, 0.717) is 11.1 Å². The molecule has 0 amide bonds. The van der Waals surface area contributed by atoms with Gasteiger partial charge in [-0.15, -0.1) is 0 Å². The molecule has 1 rings (SSSR count). The normalized spacial score (nSPS) is 10.3. The summed E-state index contributed by atoms with van der Waals surface area (Å²) in [5.41, 5.74) is 1.21. The lowest BCUT2D eigenvalue weighted by molar-refractivity contribution is 0.411. The SMILES string of the molecule is Cc1c(C)c(O)n(Cl)c1O. The third kappa shape index (κ3) is 0.743. The zero-order valence-corrected chi connectivity index (χ0v) is 6.48. The molecule has 0 aliphatic rings. The van der Waals surface area contributed by atoms with E-state index in [4.69, 9.17) is 22.0 Å². The summed E-state index contributed by atoms with van der Waals surface area (Å²) in [5.74, 6) is -0.201. The van der Waals surface area contributed by atoms with Crippen LogP contribution >= 0.6 is 11.8 Å². The van der Waals surface area contributed by atoms with Gasteiger partial charge in [0, 0.05) is 22.9 Å². The molecular formula is C6H8ClNO2. The Kier molecular flexibility index (Phi) is 1.52. The minimum absolute atomic E-state index is 0.100. The van der Waals surface area contributed by atoms with E-state index in [9.17, 15) is 0 Å². The molecule has 0 bridgehead atoms. The highest BCUT2D eigenvalue weighted by atomic mass is 35.5. The van der Waals surface area contributed by atoms with E-state index >= 15 is 0 Å². The first kappa shape index (κ1) is 7.28. The summed E-state index contributed by atoms with van der Waals surface area (Å²) in [4.78, 5) is 0. The van der Waals surface area contributed by atoms with Crippen molar-refractivity contribution in [3.05, 3.63) is 11.1 Å². The monoisotopic (exact) mass is 161 g/mol. The van der Waals surface area contributed by atoms with Gasteiger partial charge in [-0.2, -0.15) is 4.09 Å². The van der Waals surface area contributed by atoms with Crippen LogP contribution in [0.1, 0.15) is 11.1 Å². The maximum atomic E-state index is 9.08.